The van der Waals surface area contributed by atoms with Crippen LogP contribution < -0.4 is 11.0 Å². The van der Waals surface area contributed by atoms with Crippen LogP contribution in [-0.2, 0) is 6.54 Å². The van der Waals surface area contributed by atoms with E-state index in [0.29, 0.717) is 6.54 Å². The zero-order chi connectivity index (χ0) is 12.1. The molecule has 0 unspecified atom stereocenters. The summed E-state index contributed by atoms with van der Waals surface area (Å²) in [5.74, 6) is 0.976. The van der Waals surface area contributed by atoms with Crippen molar-refractivity contribution in [1.82, 2.24) is 25.0 Å². The molecule has 1 aliphatic rings. The van der Waals surface area contributed by atoms with E-state index in [4.69, 9.17) is 0 Å². The second-order valence-corrected chi connectivity index (χ2v) is 5.06. The van der Waals surface area contributed by atoms with E-state index >= 15 is 0 Å². The summed E-state index contributed by atoms with van der Waals surface area (Å²) >= 11 is 1.64. The minimum absolute atomic E-state index is 0.114. The Bertz CT molecular complexity index is 396. The molecule has 96 valence electrons. The summed E-state index contributed by atoms with van der Waals surface area (Å²) in [6.45, 7) is 8.06. The molecule has 1 fully saturated rings. The number of rotatable bonds is 5. The normalized spacial score (nSPS) is 17.5. The number of aromatic nitrogens is 3. The molecular formula is C10H19N5OS. The maximum atomic E-state index is 11.3. The largest absolute Gasteiger partial charge is 0.343 e. The van der Waals surface area contributed by atoms with Crippen molar-refractivity contribution in [3.05, 3.63) is 10.5 Å². The van der Waals surface area contributed by atoms with Gasteiger partial charge in [0.25, 0.3) is 0 Å². The molecule has 17 heavy (non-hydrogen) atoms. The van der Waals surface area contributed by atoms with Crippen LogP contribution in [0.15, 0.2) is 9.95 Å². The van der Waals surface area contributed by atoms with Gasteiger partial charge in [-0.15, -0.1) is 5.10 Å². The summed E-state index contributed by atoms with van der Waals surface area (Å²) in [5.41, 5.74) is -0.114. The van der Waals surface area contributed by atoms with Crippen molar-refractivity contribution < 1.29 is 0 Å². The van der Waals surface area contributed by atoms with E-state index in [1.165, 1.54) is 0 Å². The third kappa shape index (κ3) is 3.34. The molecule has 1 aliphatic heterocycles. The number of hydrogen-bond acceptors (Lipinski definition) is 5. The number of hydrogen-bond donors (Lipinski definition) is 2. The fraction of sp³-hybridized carbons (Fsp3) is 0.800. The second-order valence-electron chi connectivity index (χ2n) is 4.00. The van der Waals surface area contributed by atoms with E-state index in [9.17, 15) is 4.79 Å². The predicted octanol–water partition coefficient (Wildman–Crippen LogP) is -0.411. The van der Waals surface area contributed by atoms with Crippen molar-refractivity contribution in [2.24, 2.45) is 0 Å². The van der Waals surface area contributed by atoms with E-state index in [1.54, 1.807) is 16.3 Å². The van der Waals surface area contributed by atoms with Gasteiger partial charge in [-0.05, 0) is 6.92 Å². The lowest BCUT2D eigenvalue weighted by Crippen LogP contribution is -2.44. The molecule has 2 rings (SSSR count). The smallest absolute Gasteiger partial charge is 0.314 e. The van der Waals surface area contributed by atoms with Gasteiger partial charge in [-0.25, -0.2) is 9.89 Å². The zero-order valence-electron chi connectivity index (χ0n) is 10.1. The van der Waals surface area contributed by atoms with Gasteiger partial charge in [0.1, 0.15) is 0 Å². The van der Waals surface area contributed by atoms with Gasteiger partial charge >= 0.3 is 5.69 Å². The number of aromatic amines is 1. The average molecular weight is 257 g/mol. The Kier molecular flexibility index (Phi) is 4.64. The van der Waals surface area contributed by atoms with Gasteiger partial charge < -0.3 is 5.32 Å². The quantitative estimate of drug-likeness (QED) is 0.702. The molecule has 7 heteroatoms. The van der Waals surface area contributed by atoms with Crippen LogP contribution in [0.5, 0.6) is 0 Å². The zero-order valence-corrected chi connectivity index (χ0v) is 10.9. The molecule has 6 nitrogen and oxygen atoms in total. The molecule has 0 aliphatic carbocycles. The van der Waals surface area contributed by atoms with Crippen LogP contribution in [0.1, 0.15) is 6.92 Å². The van der Waals surface area contributed by atoms with Gasteiger partial charge in [-0.2, -0.15) is 0 Å². The third-order valence-corrected chi connectivity index (χ3v) is 3.84. The van der Waals surface area contributed by atoms with Gasteiger partial charge in [-0.3, -0.25) is 9.47 Å². The van der Waals surface area contributed by atoms with Crippen molar-refractivity contribution in [3.8, 4) is 0 Å². The molecule has 1 aromatic heterocycles. The highest BCUT2D eigenvalue weighted by molar-refractivity contribution is 7.99. The van der Waals surface area contributed by atoms with Crippen LogP contribution >= 0.6 is 11.8 Å². The number of thioether (sulfide) groups is 1. The molecule has 0 atom stereocenters. The van der Waals surface area contributed by atoms with Crippen molar-refractivity contribution in [1.29, 1.82) is 0 Å². The highest BCUT2D eigenvalue weighted by atomic mass is 32.2. The Morgan fingerprint density at radius 3 is 2.88 bits per heavy atom. The minimum Gasteiger partial charge on any atom is -0.314 e. The first-order valence-corrected chi connectivity index (χ1v) is 7.01. The van der Waals surface area contributed by atoms with Crippen molar-refractivity contribution in [3.63, 3.8) is 0 Å². The molecule has 1 saturated heterocycles. The summed E-state index contributed by atoms with van der Waals surface area (Å²) in [5, 5.41) is 10.6. The van der Waals surface area contributed by atoms with Gasteiger partial charge in [0, 0.05) is 45.0 Å². The molecule has 0 spiro atoms. The van der Waals surface area contributed by atoms with Crippen LogP contribution in [0.4, 0.5) is 0 Å². The topological polar surface area (TPSA) is 66.0 Å². The lowest BCUT2D eigenvalue weighted by Gasteiger charge is -2.26. The predicted molar refractivity (Wildman–Crippen MR) is 68.6 cm³/mol. The minimum atomic E-state index is -0.114. The van der Waals surface area contributed by atoms with E-state index in [0.717, 1.165) is 43.6 Å². The molecular weight excluding hydrogens is 238 g/mol. The lowest BCUT2D eigenvalue weighted by molar-refractivity contribution is 0.255. The third-order valence-electron chi connectivity index (χ3n) is 2.89. The Labute approximate surface area is 105 Å². The second kappa shape index (κ2) is 6.23. The van der Waals surface area contributed by atoms with E-state index in [2.05, 4.69) is 20.4 Å². The fourth-order valence-corrected chi connectivity index (χ4v) is 2.90. The summed E-state index contributed by atoms with van der Waals surface area (Å²) < 4.78 is 1.67. The van der Waals surface area contributed by atoms with Crippen LogP contribution in [0.2, 0.25) is 0 Å². The average Bonchev–Trinajstić information content (AvgIpc) is 2.71. The molecule has 0 amide bonds. The highest BCUT2D eigenvalue weighted by Crippen LogP contribution is 2.12. The molecule has 0 bridgehead atoms. The molecule has 0 radical (unpaired) electrons. The SMILES string of the molecule is CCn1c(SCCN2CCNCC2)n[nH]c1=O. The molecule has 0 saturated carbocycles. The Balaban J connectivity index is 1.79. The van der Waals surface area contributed by atoms with E-state index < -0.39 is 0 Å². The molecule has 0 aromatic carbocycles. The first kappa shape index (κ1) is 12.7. The van der Waals surface area contributed by atoms with Gasteiger partial charge in [0.05, 0.1) is 0 Å². The summed E-state index contributed by atoms with van der Waals surface area (Å²) in [4.78, 5) is 13.8. The summed E-state index contributed by atoms with van der Waals surface area (Å²) in [7, 11) is 0. The van der Waals surface area contributed by atoms with Crippen LogP contribution in [0.25, 0.3) is 0 Å². The fourth-order valence-electron chi connectivity index (χ4n) is 1.89. The van der Waals surface area contributed by atoms with Gasteiger partial charge in [-0.1, -0.05) is 11.8 Å². The van der Waals surface area contributed by atoms with Crippen LogP contribution in [0, 0.1) is 0 Å². The maximum Gasteiger partial charge on any atom is 0.343 e. The van der Waals surface area contributed by atoms with Gasteiger partial charge in [0.2, 0.25) is 0 Å². The Hall–Kier alpha value is -0.790. The van der Waals surface area contributed by atoms with Crippen molar-refractivity contribution in [2.75, 3.05) is 38.5 Å². The van der Waals surface area contributed by atoms with E-state index in [-0.39, 0.29) is 5.69 Å². The Morgan fingerprint density at radius 2 is 2.18 bits per heavy atom. The standard InChI is InChI=1S/C10H19N5OS/c1-2-15-9(16)12-13-10(15)17-8-7-14-5-3-11-4-6-14/h11H,2-8H2,1H3,(H,12,16). The maximum absolute atomic E-state index is 11.3. The van der Waals surface area contributed by atoms with Crippen LogP contribution in [-0.4, -0.2) is 58.1 Å². The number of H-pyrrole nitrogens is 1. The summed E-state index contributed by atoms with van der Waals surface area (Å²) in [6.07, 6.45) is 0. The molecule has 2 heterocycles. The summed E-state index contributed by atoms with van der Waals surface area (Å²) in [6, 6.07) is 0. The van der Waals surface area contributed by atoms with E-state index in [1.807, 2.05) is 6.92 Å². The monoisotopic (exact) mass is 257 g/mol. The number of nitrogens with one attached hydrogen (secondary N) is 2. The van der Waals surface area contributed by atoms with Crippen LogP contribution in [0.3, 0.4) is 0 Å². The first-order valence-electron chi connectivity index (χ1n) is 6.02. The highest BCUT2D eigenvalue weighted by Gasteiger charge is 2.11. The molecule has 1 aromatic rings. The van der Waals surface area contributed by atoms with Crippen molar-refractivity contribution >= 4 is 11.8 Å². The molecule has 2 N–H and O–H groups in total. The Morgan fingerprint density at radius 1 is 1.41 bits per heavy atom. The lowest BCUT2D eigenvalue weighted by atomic mass is 10.4. The van der Waals surface area contributed by atoms with Crippen molar-refractivity contribution in [2.45, 2.75) is 18.6 Å². The first-order chi connectivity index (χ1) is 8.31. The number of nitrogens with zero attached hydrogens (tertiary/aromatic N) is 3. The number of piperazine rings is 1. The van der Waals surface area contributed by atoms with Gasteiger partial charge in [0.15, 0.2) is 5.16 Å².